The minimum atomic E-state index is -5.26. The lowest BCUT2D eigenvalue weighted by Crippen LogP contribution is -2.42. The van der Waals surface area contributed by atoms with E-state index in [1.165, 1.54) is 36.4 Å². The normalized spacial score (nSPS) is 16.4. The highest BCUT2D eigenvalue weighted by molar-refractivity contribution is 5.83. The number of hydrogen-bond donors (Lipinski definition) is 0. The Bertz CT molecular complexity index is 1080. The van der Waals surface area contributed by atoms with Crippen LogP contribution in [0.25, 0.3) is 0 Å². The number of benzene rings is 2. The van der Waals surface area contributed by atoms with Gasteiger partial charge in [-0.1, -0.05) is 36.4 Å². The summed E-state index contributed by atoms with van der Waals surface area (Å²) in [6.07, 6.45) is -15.8. The zero-order chi connectivity index (χ0) is 28.9. The SMILES string of the molecule is O=C(N1Cc2cc3cc(c2)CN(C(=O)C(F)(F)F)Cc2cc(cc(c2)CN(C(=O)C(F)(F)F)C3)C1)C(F)(F)F. The van der Waals surface area contributed by atoms with Crippen molar-refractivity contribution < 1.29 is 53.9 Å². The van der Waals surface area contributed by atoms with E-state index in [1.807, 2.05) is 0 Å². The molecule has 6 bridgehead atoms. The summed E-state index contributed by atoms with van der Waals surface area (Å²) in [5.41, 5.74) is -0.270. The van der Waals surface area contributed by atoms with Gasteiger partial charge >= 0.3 is 36.3 Å². The van der Waals surface area contributed by atoms with Gasteiger partial charge < -0.3 is 14.7 Å². The van der Waals surface area contributed by atoms with Crippen LogP contribution in [0.15, 0.2) is 36.4 Å². The van der Waals surface area contributed by atoms with Gasteiger partial charge in [-0.2, -0.15) is 39.5 Å². The lowest BCUT2D eigenvalue weighted by atomic mass is 9.99. The van der Waals surface area contributed by atoms with Gasteiger partial charge in [0.2, 0.25) is 0 Å². The molecule has 0 saturated carbocycles. The molecule has 0 aromatic heterocycles. The summed E-state index contributed by atoms with van der Waals surface area (Å²) >= 11 is 0. The van der Waals surface area contributed by atoms with Crippen molar-refractivity contribution in [1.82, 2.24) is 14.7 Å². The second-order valence-corrected chi connectivity index (χ2v) is 9.29. The Morgan fingerprint density at radius 3 is 0.692 bits per heavy atom. The zero-order valence-electron chi connectivity index (χ0n) is 19.7. The molecule has 0 atom stereocenters. The average Bonchev–Trinajstić information content (AvgIpc) is 2.78. The number of carbonyl (C=O) groups is 3. The molecule has 0 spiro atoms. The van der Waals surface area contributed by atoms with Gasteiger partial charge in [-0.25, -0.2) is 0 Å². The fraction of sp³-hybridized carbons (Fsp3) is 0.375. The number of hydrogen-bond acceptors (Lipinski definition) is 3. The minimum absolute atomic E-state index is 0.0450. The van der Waals surface area contributed by atoms with Gasteiger partial charge in [-0.05, 0) is 33.4 Å². The fourth-order valence-electron chi connectivity index (χ4n) is 4.69. The van der Waals surface area contributed by atoms with E-state index in [-0.39, 0.29) is 33.4 Å². The molecule has 0 unspecified atom stereocenters. The van der Waals surface area contributed by atoms with E-state index in [0.29, 0.717) is 14.7 Å². The number of nitrogens with zero attached hydrogens (tertiary/aromatic N) is 3. The Morgan fingerprint density at radius 1 is 0.410 bits per heavy atom. The first kappa shape index (κ1) is 28.2. The van der Waals surface area contributed by atoms with Crippen LogP contribution in [0.2, 0.25) is 0 Å². The van der Waals surface area contributed by atoms with Crippen LogP contribution < -0.4 is 0 Å². The number of carbonyl (C=O) groups excluding carboxylic acids is 3. The predicted molar refractivity (Wildman–Crippen MR) is 114 cm³/mol. The Morgan fingerprint density at radius 2 is 0.564 bits per heavy atom. The van der Waals surface area contributed by atoms with Crippen LogP contribution in [0.3, 0.4) is 0 Å². The third-order valence-electron chi connectivity index (χ3n) is 6.05. The second kappa shape index (κ2) is 9.75. The summed E-state index contributed by atoms with van der Waals surface area (Å²) in [5, 5.41) is 0. The molecular weight excluding hydrogens is 549 g/mol. The molecule has 0 saturated heterocycles. The van der Waals surface area contributed by atoms with Crippen molar-refractivity contribution in [3.8, 4) is 0 Å². The smallest absolute Gasteiger partial charge is 0.326 e. The number of fused-ring (bicyclic) bond motifs is 6. The maximum absolute atomic E-state index is 13.4. The molecule has 0 N–H and O–H groups in total. The predicted octanol–water partition coefficient (Wildman–Crippen LogP) is 4.59. The largest absolute Gasteiger partial charge is 0.471 e. The molecule has 2 aromatic rings. The maximum Gasteiger partial charge on any atom is 0.471 e. The molecule has 3 aliphatic rings. The number of rotatable bonds is 0. The summed E-state index contributed by atoms with van der Waals surface area (Å²) in [4.78, 5) is 38.1. The number of amides is 3. The van der Waals surface area contributed by atoms with E-state index in [1.54, 1.807) is 0 Å². The quantitative estimate of drug-likeness (QED) is 0.438. The Balaban J connectivity index is 1.94. The van der Waals surface area contributed by atoms with Crippen LogP contribution in [0.5, 0.6) is 0 Å². The van der Waals surface area contributed by atoms with Crippen LogP contribution >= 0.6 is 0 Å². The van der Waals surface area contributed by atoms with Crippen LogP contribution in [-0.2, 0) is 53.7 Å². The summed E-state index contributed by atoms with van der Waals surface area (Å²) in [6, 6.07) is 7.00. The molecule has 2 aromatic carbocycles. The zero-order valence-corrected chi connectivity index (χ0v) is 19.7. The molecular formula is C24H18F9N3O3. The van der Waals surface area contributed by atoms with Crippen molar-refractivity contribution in [2.75, 3.05) is 0 Å². The van der Waals surface area contributed by atoms with Gasteiger partial charge in [0.05, 0.1) is 0 Å². The molecule has 6 nitrogen and oxygen atoms in total. The van der Waals surface area contributed by atoms with Gasteiger partial charge in [0.15, 0.2) is 0 Å². The van der Waals surface area contributed by atoms with Crippen molar-refractivity contribution in [2.45, 2.75) is 57.8 Å². The molecule has 210 valence electrons. The van der Waals surface area contributed by atoms with Gasteiger partial charge in [0.1, 0.15) is 0 Å². The van der Waals surface area contributed by atoms with Crippen LogP contribution in [0, 0.1) is 0 Å². The van der Waals surface area contributed by atoms with Crippen molar-refractivity contribution >= 4 is 17.7 Å². The highest BCUT2D eigenvalue weighted by Gasteiger charge is 2.45. The molecule has 3 heterocycles. The fourth-order valence-corrected chi connectivity index (χ4v) is 4.69. The number of alkyl halides is 9. The van der Waals surface area contributed by atoms with E-state index in [4.69, 9.17) is 0 Å². The minimum Gasteiger partial charge on any atom is -0.326 e. The molecule has 5 rings (SSSR count). The van der Waals surface area contributed by atoms with E-state index in [9.17, 15) is 53.9 Å². The lowest BCUT2D eigenvalue weighted by Gasteiger charge is -2.31. The first-order valence-electron chi connectivity index (χ1n) is 11.2. The van der Waals surface area contributed by atoms with E-state index in [2.05, 4.69) is 0 Å². The van der Waals surface area contributed by atoms with Crippen LogP contribution in [0.1, 0.15) is 33.4 Å². The van der Waals surface area contributed by atoms with E-state index in [0.717, 1.165) is 0 Å². The second-order valence-electron chi connectivity index (χ2n) is 9.29. The van der Waals surface area contributed by atoms with Crippen molar-refractivity contribution in [1.29, 1.82) is 0 Å². The highest BCUT2D eigenvalue weighted by atomic mass is 19.4. The van der Waals surface area contributed by atoms with Gasteiger partial charge in [-0.3, -0.25) is 14.4 Å². The van der Waals surface area contributed by atoms with Crippen molar-refractivity contribution in [2.24, 2.45) is 0 Å². The summed E-state index contributed by atoms with van der Waals surface area (Å²) in [7, 11) is 0. The monoisotopic (exact) mass is 567 g/mol. The lowest BCUT2D eigenvalue weighted by molar-refractivity contribution is -0.187. The van der Waals surface area contributed by atoms with Crippen LogP contribution in [-0.4, -0.2) is 51.0 Å². The van der Waals surface area contributed by atoms with E-state index < -0.39 is 75.5 Å². The first-order chi connectivity index (χ1) is 17.9. The third kappa shape index (κ3) is 6.45. The molecule has 0 radical (unpaired) electrons. The van der Waals surface area contributed by atoms with Crippen LogP contribution in [0.4, 0.5) is 39.5 Å². The summed E-state index contributed by atoms with van der Waals surface area (Å²) in [6.45, 7) is -4.17. The van der Waals surface area contributed by atoms with Crippen molar-refractivity contribution in [3.63, 3.8) is 0 Å². The van der Waals surface area contributed by atoms with Crippen molar-refractivity contribution in [3.05, 3.63) is 69.8 Å². The Hall–Kier alpha value is -3.78. The number of halogens is 9. The summed E-state index contributed by atoms with van der Waals surface area (Å²) < 4.78 is 120. The third-order valence-corrected chi connectivity index (χ3v) is 6.05. The molecule has 0 fully saturated rings. The Labute approximate surface area is 214 Å². The molecule has 0 aliphatic carbocycles. The highest BCUT2D eigenvalue weighted by Crippen LogP contribution is 2.30. The van der Waals surface area contributed by atoms with Gasteiger partial charge in [0.25, 0.3) is 0 Å². The maximum atomic E-state index is 13.4. The van der Waals surface area contributed by atoms with E-state index >= 15 is 0 Å². The standard InChI is InChI=1S/C24H18F9N3O3/c25-22(26,27)19(37)34-7-13-1-14-3-15(2-13)9-36(21(39)24(31,32)33)12-18-5-16(10-34)4-17(6-18)11-35(8-14)20(38)23(28,29)30/h1-6H,7-12H2. The molecule has 39 heavy (non-hydrogen) atoms. The van der Waals surface area contributed by atoms with Gasteiger partial charge in [-0.15, -0.1) is 0 Å². The summed E-state index contributed by atoms with van der Waals surface area (Å²) in [5.74, 6) is -6.59. The van der Waals surface area contributed by atoms with Gasteiger partial charge in [0, 0.05) is 39.3 Å². The molecule has 3 aliphatic heterocycles. The Kier molecular flexibility index (Phi) is 7.06. The first-order valence-corrected chi connectivity index (χ1v) is 11.2. The molecule has 3 amide bonds. The topological polar surface area (TPSA) is 60.9 Å². The molecule has 15 heteroatoms. The average molecular weight is 567 g/mol.